The highest BCUT2D eigenvalue weighted by Crippen LogP contribution is 2.32. The van der Waals surface area contributed by atoms with Gasteiger partial charge in [0.25, 0.3) is 0 Å². The zero-order valence-electron chi connectivity index (χ0n) is 12.0. The Morgan fingerprint density at radius 1 is 0.476 bits per heavy atom. The van der Waals surface area contributed by atoms with Crippen LogP contribution >= 0.6 is 23.9 Å². The lowest BCUT2D eigenvalue weighted by atomic mass is 10.4. The molecule has 0 N–H and O–H groups in total. The van der Waals surface area contributed by atoms with Crippen molar-refractivity contribution in [2.75, 3.05) is 5.83 Å². The smallest absolute Gasteiger partial charge is 0.00848 e. The first-order chi connectivity index (χ1) is 10.4. The first kappa shape index (κ1) is 15.9. The van der Waals surface area contributed by atoms with Crippen LogP contribution in [-0.2, 0) is 0 Å². The molecule has 0 heterocycles. The van der Waals surface area contributed by atoms with Crippen LogP contribution in [0.1, 0.15) is 0 Å². The fourth-order valence-electron chi connectivity index (χ4n) is 2.18. The van der Waals surface area contributed by atoms with Gasteiger partial charge in [0.1, 0.15) is 0 Å². The monoisotopic (exact) mass is 356 g/mol. The molecule has 2 heteroatoms. The molecule has 0 bridgehead atoms. The van der Waals surface area contributed by atoms with Crippen molar-refractivity contribution in [2.24, 2.45) is 0 Å². The van der Waals surface area contributed by atoms with Gasteiger partial charge in [0.15, 0.2) is 0 Å². The Hall–Kier alpha value is -1.43. The van der Waals surface area contributed by atoms with E-state index in [1.165, 1.54) is 15.9 Å². The van der Waals surface area contributed by atoms with Crippen LogP contribution in [0.15, 0.2) is 91.0 Å². The highest BCUT2D eigenvalue weighted by molar-refractivity contribution is 9.08. The quantitative estimate of drug-likeness (QED) is 0.480. The van der Waals surface area contributed by atoms with E-state index in [-0.39, 0.29) is 0 Å². The lowest BCUT2D eigenvalue weighted by Crippen LogP contribution is -2.20. The summed E-state index contributed by atoms with van der Waals surface area (Å²) in [7, 11) is -0.446. The highest BCUT2D eigenvalue weighted by atomic mass is 79.9. The molecule has 0 spiro atoms. The summed E-state index contributed by atoms with van der Waals surface area (Å²) >= 11 is 2.94. The normalized spacial score (nSPS) is 9.86. The van der Waals surface area contributed by atoms with Crippen molar-refractivity contribution in [2.45, 2.75) is 0 Å². The van der Waals surface area contributed by atoms with Gasteiger partial charge in [0, 0.05) is 0 Å². The largest absolute Gasteiger partial charge is 0.0966 e. The van der Waals surface area contributed by atoms with Crippen LogP contribution in [0.2, 0.25) is 0 Å². The molecule has 3 rings (SSSR count). The maximum Gasteiger partial charge on any atom is -0.00848 e. The summed E-state index contributed by atoms with van der Waals surface area (Å²) in [6.45, 7) is 0. The van der Waals surface area contributed by atoms with E-state index >= 15 is 0 Å². The third-order valence-electron chi connectivity index (χ3n) is 3.04. The van der Waals surface area contributed by atoms with Crippen molar-refractivity contribution < 1.29 is 0 Å². The zero-order chi connectivity index (χ0) is 14.9. The predicted molar refractivity (Wildman–Crippen MR) is 100.0 cm³/mol. The Kier molecular flexibility index (Phi) is 6.66. The van der Waals surface area contributed by atoms with Gasteiger partial charge in [0.05, 0.1) is 0 Å². The van der Waals surface area contributed by atoms with Crippen LogP contribution in [-0.4, -0.2) is 5.83 Å². The summed E-state index contributed by atoms with van der Waals surface area (Å²) in [4.78, 5) is 0. The van der Waals surface area contributed by atoms with Crippen molar-refractivity contribution in [1.82, 2.24) is 0 Å². The Morgan fingerprint density at radius 3 is 0.952 bits per heavy atom. The molecule has 0 aliphatic carbocycles. The molecule has 0 aliphatic heterocycles. The molecule has 21 heavy (non-hydrogen) atoms. The molecule has 106 valence electrons. The molecule has 3 aromatic rings. The molecule has 3 aromatic carbocycles. The average molecular weight is 357 g/mol. The molecule has 0 unspecified atom stereocenters. The number of alkyl halides is 1. The highest BCUT2D eigenvalue weighted by Gasteiger charge is 2.14. The van der Waals surface area contributed by atoms with E-state index in [0.29, 0.717) is 0 Å². The van der Waals surface area contributed by atoms with E-state index in [1.807, 2.05) is 5.83 Å². The minimum Gasteiger partial charge on any atom is -0.0966 e. The predicted octanol–water partition coefficient (Wildman–Crippen LogP) is 4.46. The molecule has 0 saturated carbocycles. The van der Waals surface area contributed by atoms with Crippen LogP contribution in [0, 0.1) is 0 Å². The topological polar surface area (TPSA) is 0 Å². The average Bonchev–Trinajstić information content (AvgIpc) is 2.60. The van der Waals surface area contributed by atoms with Gasteiger partial charge in [-0.2, -0.15) is 0 Å². The first-order valence-electron chi connectivity index (χ1n) is 6.78. The standard InChI is InChI=1S/C18H15P.CH3Br/c1-4-10-16(11-5-1)19(17-12-6-2-7-13-17)18-14-8-3-9-15-18;1-2/h1-15H;1H3. The third kappa shape index (κ3) is 4.27. The minimum atomic E-state index is -0.446. The second-order valence-corrected chi connectivity index (χ2v) is 6.56. The lowest BCUT2D eigenvalue weighted by Gasteiger charge is -2.18. The van der Waals surface area contributed by atoms with E-state index in [0.717, 1.165) is 0 Å². The van der Waals surface area contributed by atoms with Gasteiger partial charge in [0.2, 0.25) is 0 Å². The van der Waals surface area contributed by atoms with Crippen LogP contribution in [0.25, 0.3) is 0 Å². The Labute approximate surface area is 136 Å². The van der Waals surface area contributed by atoms with Crippen molar-refractivity contribution in [3.05, 3.63) is 91.0 Å². The molecule has 0 saturated heterocycles. The summed E-state index contributed by atoms with van der Waals surface area (Å²) in [6.07, 6.45) is 0. The van der Waals surface area contributed by atoms with Gasteiger partial charge in [-0.1, -0.05) is 107 Å². The lowest BCUT2D eigenvalue weighted by molar-refractivity contribution is 1.74. The third-order valence-corrected chi connectivity index (χ3v) is 5.49. The molecule has 0 nitrogen and oxygen atoms in total. The summed E-state index contributed by atoms with van der Waals surface area (Å²) < 4.78 is 0. The molecule has 0 amide bonds. The number of hydrogen-bond acceptors (Lipinski definition) is 0. The summed E-state index contributed by atoms with van der Waals surface area (Å²) in [5.41, 5.74) is 0. The SMILES string of the molecule is CBr.c1ccc(P(c2ccccc2)c2ccccc2)cc1. The van der Waals surface area contributed by atoms with Crippen molar-refractivity contribution in [3.8, 4) is 0 Å². The minimum absolute atomic E-state index is 0.446. The van der Waals surface area contributed by atoms with Crippen molar-refractivity contribution >= 4 is 39.8 Å². The van der Waals surface area contributed by atoms with Crippen LogP contribution in [0.3, 0.4) is 0 Å². The maximum absolute atomic E-state index is 2.94. The zero-order valence-corrected chi connectivity index (χ0v) is 14.5. The summed E-state index contributed by atoms with van der Waals surface area (Å²) in [6, 6.07) is 32.3. The van der Waals surface area contributed by atoms with Gasteiger partial charge in [-0.15, -0.1) is 0 Å². The molecule has 0 radical (unpaired) electrons. The van der Waals surface area contributed by atoms with E-state index < -0.39 is 7.92 Å². The first-order valence-corrected chi connectivity index (χ1v) is 9.71. The van der Waals surface area contributed by atoms with Crippen molar-refractivity contribution in [1.29, 1.82) is 0 Å². The van der Waals surface area contributed by atoms with E-state index in [2.05, 4.69) is 107 Å². The number of benzene rings is 3. The van der Waals surface area contributed by atoms with Crippen LogP contribution in [0.5, 0.6) is 0 Å². The maximum atomic E-state index is 2.94. The van der Waals surface area contributed by atoms with Crippen molar-refractivity contribution in [3.63, 3.8) is 0 Å². The van der Waals surface area contributed by atoms with Gasteiger partial charge in [-0.3, -0.25) is 0 Å². The molecule has 0 aromatic heterocycles. The van der Waals surface area contributed by atoms with Crippen LogP contribution < -0.4 is 15.9 Å². The van der Waals surface area contributed by atoms with E-state index in [9.17, 15) is 0 Å². The molecular formula is C19H18BrP. The summed E-state index contributed by atoms with van der Waals surface area (Å²) in [5, 5.41) is 4.19. The van der Waals surface area contributed by atoms with E-state index in [1.54, 1.807) is 0 Å². The number of hydrogen-bond donors (Lipinski definition) is 0. The van der Waals surface area contributed by atoms with Gasteiger partial charge >= 0.3 is 0 Å². The second-order valence-electron chi connectivity index (χ2n) is 4.34. The second kappa shape index (κ2) is 8.77. The summed E-state index contributed by atoms with van der Waals surface area (Å²) in [5.74, 6) is 1.81. The fourth-order valence-corrected chi connectivity index (χ4v) is 4.48. The Bertz CT molecular complexity index is 530. The molecule has 0 aliphatic rings. The van der Waals surface area contributed by atoms with Gasteiger partial charge < -0.3 is 0 Å². The van der Waals surface area contributed by atoms with E-state index in [4.69, 9.17) is 0 Å². The fraction of sp³-hybridized carbons (Fsp3) is 0.0526. The molecular weight excluding hydrogens is 339 g/mol. The number of rotatable bonds is 3. The number of halogens is 1. The van der Waals surface area contributed by atoms with Gasteiger partial charge in [-0.25, -0.2) is 0 Å². The molecule has 0 atom stereocenters. The Morgan fingerprint density at radius 2 is 0.714 bits per heavy atom. The molecule has 0 fully saturated rings. The van der Waals surface area contributed by atoms with Crippen LogP contribution in [0.4, 0.5) is 0 Å². The Balaban J connectivity index is 0.000000774. The van der Waals surface area contributed by atoms with Gasteiger partial charge in [-0.05, 0) is 29.7 Å².